The van der Waals surface area contributed by atoms with Crippen LogP contribution in [-0.4, -0.2) is 42.1 Å². The van der Waals surface area contributed by atoms with Crippen LogP contribution in [0.25, 0.3) is 10.8 Å². The number of hydrogen-bond donors (Lipinski definition) is 2. The Hall–Kier alpha value is -2.85. The second-order valence-corrected chi connectivity index (χ2v) is 9.43. The summed E-state index contributed by atoms with van der Waals surface area (Å²) in [7, 11) is 2.19. The SMILES string of the molecule is CN1CC[C@@]2(c3cccc(O)c3)C[C@@H](NC(=O)c3ccc4ccccc4c3)CC[C@@H]2C1. The molecule has 4 nitrogen and oxygen atoms in total. The molecule has 3 atom stereocenters. The summed E-state index contributed by atoms with van der Waals surface area (Å²) in [5.74, 6) is 0.877. The van der Waals surface area contributed by atoms with Crippen LogP contribution in [0.5, 0.6) is 5.75 Å². The van der Waals surface area contributed by atoms with Gasteiger partial charge in [0.05, 0.1) is 0 Å². The van der Waals surface area contributed by atoms with E-state index < -0.39 is 0 Å². The van der Waals surface area contributed by atoms with E-state index in [1.807, 2.05) is 48.5 Å². The average molecular weight is 415 g/mol. The summed E-state index contributed by atoms with van der Waals surface area (Å²) in [6, 6.07) is 22.0. The van der Waals surface area contributed by atoms with Crippen molar-refractivity contribution in [2.75, 3.05) is 20.1 Å². The minimum absolute atomic E-state index is 0.00479. The molecule has 1 saturated carbocycles. The highest BCUT2D eigenvalue weighted by Gasteiger charge is 2.47. The molecular formula is C27H30N2O2. The molecule has 160 valence electrons. The van der Waals surface area contributed by atoms with Crippen molar-refractivity contribution in [2.45, 2.75) is 37.1 Å². The molecule has 0 bridgehead atoms. The van der Waals surface area contributed by atoms with Crippen molar-refractivity contribution in [1.29, 1.82) is 0 Å². The summed E-state index contributed by atoms with van der Waals surface area (Å²) < 4.78 is 0. The Bertz CT molecular complexity index is 1110. The number of amides is 1. The fourth-order valence-electron chi connectivity index (χ4n) is 5.85. The Morgan fingerprint density at radius 3 is 2.71 bits per heavy atom. The molecule has 3 aromatic carbocycles. The van der Waals surface area contributed by atoms with Crippen LogP contribution in [0.2, 0.25) is 0 Å². The quantitative estimate of drug-likeness (QED) is 0.652. The number of nitrogens with zero attached hydrogens (tertiary/aromatic N) is 1. The number of carbonyl (C=O) groups excluding carboxylic acids is 1. The number of benzene rings is 3. The van der Waals surface area contributed by atoms with E-state index in [9.17, 15) is 9.90 Å². The fourth-order valence-corrected chi connectivity index (χ4v) is 5.85. The summed E-state index contributed by atoms with van der Waals surface area (Å²) >= 11 is 0. The Morgan fingerprint density at radius 2 is 1.87 bits per heavy atom. The number of likely N-dealkylation sites (tertiary alicyclic amines) is 1. The third kappa shape index (κ3) is 3.81. The van der Waals surface area contributed by atoms with E-state index in [-0.39, 0.29) is 17.4 Å². The molecule has 2 fully saturated rings. The lowest BCUT2D eigenvalue weighted by molar-refractivity contribution is 0.0533. The minimum Gasteiger partial charge on any atom is -0.508 e. The van der Waals surface area contributed by atoms with Crippen LogP contribution < -0.4 is 5.32 Å². The Balaban J connectivity index is 1.39. The van der Waals surface area contributed by atoms with Crippen LogP contribution in [-0.2, 0) is 5.41 Å². The number of carbonyl (C=O) groups is 1. The van der Waals surface area contributed by atoms with Crippen molar-refractivity contribution >= 4 is 16.7 Å². The lowest BCUT2D eigenvalue weighted by atomic mass is 9.58. The zero-order valence-electron chi connectivity index (χ0n) is 18.1. The van der Waals surface area contributed by atoms with E-state index in [0.717, 1.165) is 55.1 Å². The van der Waals surface area contributed by atoms with Crippen LogP contribution in [0.3, 0.4) is 0 Å². The predicted octanol–water partition coefficient (Wildman–Crippen LogP) is 4.72. The van der Waals surface area contributed by atoms with E-state index in [2.05, 4.69) is 29.4 Å². The van der Waals surface area contributed by atoms with Gasteiger partial charge in [-0.15, -0.1) is 0 Å². The molecule has 1 heterocycles. The summed E-state index contributed by atoms with van der Waals surface area (Å²) in [4.78, 5) is 15.5. The van der Waals surface area contributed by atoms with E-state index >= 15 is 0 Å². The molecule has 5 rings (SSSR count). The van der Waals surface area contributed by atoms with Gasteiger partial charge >= 0.3 is 0 Å². The number of aromatic hydroxyl groups is 1. The van der Waals surface area contributed by atoms with Gasteiger partial charge in [-0.25, -0.2) is 0 Å². The number of phenols is 1. The van der Waals surface area contributed by atoms with Crippen molar-refractivity contribution in [3.63, 3.8) is 0 Å². The van der Waals surface area contributed by atoms with Gasteiger partial charge in [0.2, 0.25) is 0 Å². The normalized spacial score (nSPS) is 26.4. The lowest BCUT2D eigenvalue weighted by Crippen LogP contribution is -2.55. The molecule has 0 unspecified atom stereocenters. The maximum Gasteiger partial charge on any atom is 0.251 e. The molecule has 0 spiro atoms. The number of rotatable bonds is 3. The van der Waals surface area contributed by atoms with Gasteiger partial charge in [0.25, 0.3) is 5.91 Å². The molecule has 1 aliphatic heterocycles. The van der Waals surface area contributed by atoms with Crippen molar-refractivity contribution < 1.29 is 9.90 Å². The first-order chi connectivity index (χ1) is 15.0. The van der Waals surface area contributed by atoms with E-state index in [0.29, 0.717) is 11.7 Å². The summed E-state index contributed by atoms with van der Waals surface area (Å²) in [5, 5.41) is 15.7. The van der Waals surface area contributed by atoms with Gasteiger partial charge in [0, 0.05) is 23.6 Å². The molecule has 2 aliphatic rings. The maximum absolute atomic E-state index is 13.1. The first-order valence-corrected chi connectivity index (χ1v) is 11.3. The van der Waals surface area contributed by atoms with Crippen LogP contribution in [0.4, 0.5) is 0 Å². The lowest BCUT2D eigenvalue weighted by Gasteiger charge is -2.52. The van der Waals surface area contributed by atoms with Gasteiger partial charge < -0.3 is 15.3 Å². The molecular weight excluding hydrogens is 384 g/mol. The number of piperidine rings is 1. The highest BCUT2D eigenvalue weighted by molar-refractivity contribution is 5.98. The molecule has 3 aromatic rings. The van der Waals surface area contributed by atoms with Crippen molar-refractivity contribution in [3.05, 3.63) is 77.9 Å². The average Bonchev–Trinajstić information content (AvgIpc) is 2.79. The van der Waals surface area contributed by atoms with E-state index in [1.54, 1.807) is 6.07 Å². The van der Waals surface area contributed by atoms with Crippen molar-refractivity contribution in [3.8, 4) is 5.75 Å². The van der Waals surface area contributed by atoms with Gasteiger partial charge in [0.15, 0.2) is 0 Å². The zero-order chi connectivity index (χ0) is 21.4. The van der Waals surface area contributed by atoms with Crippen LogP contribution >= 0.6 is 0 Å². The van der Waals surface area contributed by atoms with Gasteiger partial charge in [-0.3, -0.25) is 4.79 Å². The van der Waals surface area contributed by atoms with Crippen LogP contribution in [0, 0.1) is 5.92 Å². The van der Waals surface area contributed by atoms with Gasteiger partial charge in [0.1, 0.15) is 5.75 Å². The van der Waals surface area contributed by atoms with Crippen LogP contribution in [0.1, 0.15) is 41.6 Å². The summed E-state index contributed by atoms with van der Waals surface area (Å²) in [6.07, 6.45) is 4.06. The number of nitrogens with one attached hydrogen (secondary N) is 1. The second-order valence-electron chi connectivity index (χ2n) is 9.43. The second kappa shape index (κ2) is 8.01. The number of fused-ring (bicyclic) bond motifs is 2. The Morgan fingerprint density at radius 1 is 1.03 bits per heavy atom. The molecule has 4 heteroatoms. The smallest absolute Gasteiger partial charge is 0.251 e. The standard InChI is InChI=1S/C27H30N2O2/c1-29-14-13-27(22-7-4-8-25(30)16-22)17-24(12-11-23(27)18-29)28-26(31)21-10-9-19-5-2-3-6-20(19)15-21/h2-10,15-16,23-24,30H,11-14,17-18H2,1H3,(H,28,31)/t23-,24+,27+/m1/s1. The van der Waals surface area contributed by atoms with E-state index in [1.165, 1.54) is 5.56 Å². The van der Waals surface area contributed by atoms with Crippen LogP contribution in [0.15, 0.2) is 66.7 Å². The third-order valence-corrected chi connectivity index (χ3v) is 7.50. The van der Waals surface area contributed by atoms with Crippen molar-refractivity contribution in [2.24, 2.45) is 5.92 Å². The Labute approximate surface area is 183 Å². The van der Waals surface area contributed by atoms with Gasteiger partial charge in [-0.1, -0.05) is 42.5 Å². The predicted molar refractivity (Wildman–Crippen MR) is 124 cm³/mol. The highest BCUT2D eigenvalue weighted by atomic mass is 16.3. The zero-order valence-corrected chi connectivity index (χ0v) is 18.1. The monoisotopic (exact) mass is 414 g/mol. The molecule has 31 heavy (non-hydrogen) atoms. The number of phenolic OH excluding ortho intramolecular Hbond substituents is 1. The molecule has 1 aliphatic carbocycles. The minimum atomic E-state index is 0.00479. The molecule has 2 N–H and O–H groups in total. The summed E-state index contributed by atoms with van der Waals surface area (Å²) in [6.45, 7) is 2.11. The molecule has 0 aromatic heterocycles. The topological polar surface area (TPSA) is 52.6 Å². The first-order valence-electron chi connectivity index (χ1n) is 11.3. The maximum atomic E-state index is 13.1. The summed E-state index contributed by atoms with van der Waals surface area (Å²) in [5.41, 5.74) is 1.94. The first kappa shape index (κ1) is 20.1. The number of hydrogen-bond acceptors (Lipinski definition) is 3. The van der Waals surface area contributed by atoms with Crippen molar-refractivity contribution in [1.82, 2.24) is 10.2 Å². The molecule has 1 amide bonds. The van der Waals surface area contributed by atoms with Gasteiger partial charge in [-0.2, -0.15) is 0 Å². The molecule has 0 radical (unpaired) electrons. The molecule has 1 saturated heterocycles. The fraction of sp³-hybridized carbons (Fsp3) is 0.370. The highest BCUT2D eigenvalue weighted by Crippen LogP contribution is 2.49. The van der Waals surface area contributed by atoms with E-state index in [4.69, 9.17) is 0 Å². The van der Waals surface area contributed by atoms with Gasteiger partial charge in [-0.05, 0) is 85.8 Å². The third-order valence-electron chi connectivity index (χ3n) is 7.50. The largest absolute Gasteiger partial charge is 0.508 e. The Kier molecular flexibility index (Phi) is 5.19.